The molecule has 2 aromatic carbocycles. The van der Waals surface area contributed by atoms with Crippen molar-refractivity contribution in [1.29, 1.82) is 0 Å². The van der Waals surface area contributed by atoms with Crippen molar-refractivity contribution in [3.05, 3.63) is 65.9 Å². The Kier molecular flexibility index (Phi) is 13.1. The SMILES string of the molecule is C=C(CCCCCCCCCCS)Nc1ccc(Oc2ccccc2CC(C)C)c(CO)c1. The van der Waals surface area contributed by atoms with Crippen molar-refractivity contribution < 1.29 is 9.84 Å². The lowest BCUT2D eigenvalue weighted by Gasteiger charge is -2.16. The van der Waals surface area contributed by atoms with Crippen LogP contribution in [0.25, 0.3) is 0 Å². The molecule has 0 bridgehead atoms. The average molecular weight is 470 g/mol. The van der Waals surface area contributed by atoms with Gasteiger partial charge in [0.05, 0.1) is 6.61 Å². The number of aliphatic hydroxyl groups is 1. The van der Waals surface area contributed by atoms with E-state index in [4.69, 9.17) is 4.74 Å². The van der Waals surface area contributed by atoms with Crippen LogP contribution in [0, 0.1) is 5.92 Å². The predicted molar refractivity (Wildman–Crippen MR) is 146 cm³/mol. The number of ether oxygens (including phenoxy) is 1. The molecule has 0 unspecified atom stereocenters. The first-order chi connectivity index (χ1) is 16.0. The van der Waals surface area contributed by atoms with Gasteiger partial charge in [-0.3, -0.25) is 0 Å². The van der Waals surface area contributed by atoms with Crippen LogP contribution in [0.5, 0.6) is 11.5 Å². The zero-order chi connectivity index (χ0) is 23.9. The third-order valence-corrected chi connectivity index (χ3v) is 6.08. The van der Waals surface area contributed by atoms with E-state index in [1.165, 1.54) is 50.5 Å². The van der Waals surface area contributed by atoms with E-state index in [2.05, 4.69) is 44.4 Å². The summed E-state index contributed by atoms with van der Waals surface area (Å²) >= 11 is 4.26. The van der Waals surface area contributed by atoms with Crippen LogP contribution in [0.3, 0.4) is 0 Å². The molecule has 0 radical (unpaired) electrons. The molecule has 0 fully saturated rings. The van der Waals surface area contributed by atoms with Crippen LogP contribution in [0.1, 0.15) is 82.8 Å². The molecule has 0 saturated carbocycles. The summed E-state index contributed by atoms with van der Waals surface area (Å²) in [4.78, 5) is 0. The summed E-state index contributed by atoms with van der Waals surface area (Å²) in [5.74, 6) is 3.11. The molecular formula is C29H43NO2S. The van der Waals surface area contributed by atoms with Crippen molar-refractivity contribution in [3.63, 3.8) is 0 Å². The molecule has 0 amide bonds. The highest BCUT2D eigenvalue weighted by molar-refractivity contribution is 7.80. The van der Waals surface area contributed by atoms with Gasteiger partial charge in [-0.2, -0.15) is 12.6 Å². The van der Waals surface area contributed by atoms with E-state index in [0.717, 1.165) is 47.7 Å². The first kappa shape index (κ1) is 27.3. The van der Waals surface area contributed by atoms with Crippen molar-refractivity contribution in [2.24, 2.45) is 5.92 Å². The van der Waals surface area contributed by atoms with Gasteiger partial charge in [0.2, 0.25) is 0 Å². The van der Waals surface area contributed by atoms with Gasteiger partial charge < -0.3 is 15.2 Å². The molecule has 4 heteroatoms. The zero-order valence-electron chi connectivity index (χ0n) is 20.6. The van der Waals surface area contributed by atoms with E-state index in [1.807, 2.05) is 36.4 Å². The largest absolute Gasteiger partial charge is 0.457 e. The number of hydrogen-bond acceptors (Lipinski definition) is 4. The average Bonchev–Trinajstić information content (AvgIpc) is 2.80. The van der Waals surface area contributed by atoms with Crippen molar-refractivity contribution in [2.75, 3.05) is 11.1 Å². The Morgan fingerprint density at radius 2 is 1.55 bits per heavy atom. The van der Waals surface area contributed by atoms with Crippen LogP contribution in [0.4, 0.5) is 5.69 Å². The molecule has 0 atom stereocenters. The molecule has 2 N–H and O–H groups in total. The summed E-state index contributed by atoms with van der Waals surface area (Å²) in [6, 6.07) is 14.0. The van der Waals surface area contributed by atoms with E-state index in [9.17, 15) is 5.11 Å². The van der Waals surface area contributed by atoms with Crippen LogP contribution >= 0.6 is 12.6 Å². The van der Waals surface area contributed by atoms with Crippen molar-refractivity contribution in [3.8, 4) is 11.5 Å². The maximum atomic E-state index is 9.93. The van der Waals surface area contributed by atoms with E-state index in [0.29, 0.717) is 11.7 Å². The summed E-state index contributed by atoms with van der Waals surface area (Å²) in [6.07, 6.45) is 12.2. The van der Waals surface area contributed by atoms with Gasteiger partial charge >= 0.3 is 0 Å². The highest BCUT2D eigenvalue weighted by Crippen LogP contribution is 2.31. The Morgan fingerprint density at radius 1 is 0.909 bits per heavy atom. The van der Waals surface area contributed by atoms with Crippen molar-refractivity contribution in [1.82, 2.24) is 0 Å². The van der Waals surface area contributed by atoms with Gasteiger partial charge in [-0.1, -0.05) is 77.2 Å². The molecule has 2 aromatic rings. The van der Waals surface area contributed by atoms with Crippen LogP contribution in [0.15, 0.2) is 54.7 Å². The molecule has 0 saturated heterocycles. The zero-order valence-corrected chi connectivity index (χ0v) is 21.5. The van der Waals surface area contributed by atoms with Crippen LogP contribution in [-0.4, -0.2) is 10.9 Å². The molecule has 0 aromatic heterocycles. The lowest BCUT2D eigenvalue weighted by atomic mass is 10.0. The number of rotatable bonds is 17. The second-order valence-electron chi connectivity index (χ2n) is 9.32. The summed E-state index contributed by atoms with van der Waals surface area (Å²) in [7, 11) is 0. The van der Waals surface area contributed by atoms with Gasteiger partial charge in [-0.05, 0) is 67.2 Å². The minimum absolute atomic E-state index is 0.0718. The minimum atomic E-state index is -0.0718. The molecule has 33 heavy (non-hydrogen) atoms. The van der Waals surface area contributed by atoms with Crippen molar-refractivity contribution >= 4 is 18.3 Å². The Balaban J connectivity index is 1.82. The summed E-state index contributed by atoms with van der Waals surface area (Å²) in [5, 5.41) is 13.3. The molecule has 0 spiro atoms. The number of benzene rings is 2. The van der Waals surface area contributed by atoms with Gasteiger partial charge in [-0.15, -0.1) is 0 Å². The first-order valence-corrected chi connectivity index (χ1v) is 13.2. The molecule has 3 nitrogen and oxygen atoms in total. The maximum absolute atomic E-state index is 9.93. The highest BCUT2D eigenvalue weighted by atomic mass is 32.1. The second kappa shape index (κ2) is 15.8. The fourth-order valence-corrected chi connectivity index (χ4v) is 4.21. The molecule has 0 aliphatic carbocycles. The van der Waals surface area contributed by atoms with Crippen LogP contribution in [0.2, 0.25) is 0 Å². The third-order valence-electron chi connectivity index (χ3n) is 5.76. The fourth-order valence-electron chi connectivity index (χ4n) is 3.99. The van der Waals surface area contributed by atoms with E-state index < -0.39 is 0 Å². The summed E-state index contributed by atoms with van der Waals surface area (Å²) in [6.45, 7) is 8.53. The fraction of sp³-hybridized carbons (Fsp3) is 0.517. The number of aliphatic hydroxyl groups excluding tert-OH is 1. The Labute approximate surface area is 207 Å². The van der Waals surface area contributed by atoms with E-state index in [1.54, 1.807) is 0 Å². The normalized spacial score (nSPS) is 11.1. The molecule has 0 heterocycles. The molecule has 182 valence electrons. The topological polar surface area (TPSA) is 41.5 Å². The number of nitrogens with one attached hydrogen (secondary N) is 1. The Morgan fingerprint density at radius 3 is 2.21 bits per heavy atom. The minimum Gasteiger partial charge on any atom is -0.457 e. The van der Waals surface area contributed by atoms with E-state index >= 15 is 0 Å². The number of para-hydroxylation sites is 1. The van der Waals surface area contributed by atoms with Gasteiger partial charge in [0.25, 0.3) is 0 Å². The van der Waals surface area contributed by atoms with Crippen LogP contribution in [-0.2, 0) is 13.0 Å². The Hall–Kier alpha value is -1.91. The molecule has 0 aliphatic rings. The molecule has 2 rings (SSSR count). The first-order valence-electron chi connectivity index (χ1n) is 12.6. The lowest BCUT2D eigenvalue weighted by molar-refractivity contribution is 0.276. The quantitative estimate of drug-likeness (QED) is 0.161. The van der Waals surface area contributed by atoms with Gasteiger partial charge in [0.1, 0.15) is 11.5 Å². The monoisotopic (exact) mass is 469 g/mol. The Bertz CT molecular complexity index is 834. The second-order valence-corrected chi connectivity index (χ2v) is 9.77. The van der Waals surface area contributed by atoms with Crippen molar-refractivity contribution in [2.45, 2.75) is 84.7 Å². The number of thiol groups is 1. The highest BCUT2D eigenvalue weighted by Gasteiger charge is 2.10. The van der Waals surface area contributed by atoms with Gasteiger partial charge in [-0.25, -0.2) is 0 Å². The van der Waals surface area contributed by atoms with Gasteiger partial charge in [0, 0.05) is 16.9 Å². The smallest absolute Gasteiger partial charge is 0.133 e. The number of hydrogen-bond donors (Lipinski definition) is 3. The van der Waals surface area contributed by atoms with Crippen LogP contribution < -0.4 is 10.1 Å². The van der Waals surface area contributed by atoms with E-state index in [-0.39, 0.29) is 6.61 Å². The number of allylic oxidation sites excluding steroid dienone is 1. The lowest BCUT2D eigenvalue weighted by Crippen LogP contribution is -2.01. The molecular weight excluding hydrogens is 426 g/mol. The summed E-state index contributed by atoms with van der Waals surface area (Å²) in [5.41, 5.74) is 3.91. The molecule has 0 aliphatic heterocycles. The predicted octanol–water partition coefficient (Wildman–Crippen LogP) is 8.54. The maximum Gasteiger partial charge on any atom is 0.133 e. The number of anilines is 1. The summed E-state index contributed by atoms with van der Waals surface area (Å²) < 4.78 is 6.21. The third kappa shape index (κ3) is 10.7. The van der Waals surface area contributed by atoms with Gasteiger partial charge in [0.15, 0.2) is 0 Å². The standard InChI is InChI=1S/C29H43NO2S/c1-23(2)20-25-15-11-12-16-28(25)32-29-18-17-27(21-26(29)22-31)30-24(3)14-10-8-6-4-5-7-9-13-19-33/h11-12,15-18,21,23,30-31,33H,3-10,13-14,19-20,22H2,1-2H3. The number of unbranched alkanes of at least 4 members (excludes halogenated alkanes) is 7.